The first-order valence-corrected chi connectivity index (χ1v) is 11.6. The van der Waals surface area contributed by atoms with Crippen molar-refractivity contribution in [1.29, 1.82) is 0 Å². The van der Waals surface area contributed by atoms with Gasteiger partial charge in [-0.1, -0.05) is 46.3 Å². The molecule has 2 N–H and O–H groups in total. The third-order valence-corrected chi connectivity index (χ3v) is 6.32. The van der Waals surface area contributed by atoms with Gasteiger partial charge in [-0.05, 0) is 47.5 Å². The van der Waals surface area contributed by atoms with Gasteiger partial charge in [0.25, 0.3) is 0 Å². The summed E-state index contributed by atoms with van der Waals surface area (Å²) in [5, 5.41) is 12.3. The number of anilines is 1. The molecule has 1 unspecified atom stereocenters. The van der Waals surface area contributed by atoms with E-state index in [0.717, 1.165) is 21.1 Å². The fourth-order valence-electron chi connectivity index (χ4n) is 3.99. The molecule has 0 fully saturated rings. The Morgan fingerprint density at radius 1 is 1.11 bits per heavy atom. The number of hydrogen-bond donors (Lipinski definition) is 2. The Hall–Kier alpha value is -4.11. The molecule has 3 aromatic carbocycles. The van der Waals surface area contributed by atoms with E-state index in [1.807, 2.05) is 41.0 Å². The van der Waals surface area contributed by atoms with E-state index in [1.165, 1.54) is 6.08 Å². The number of amides is 1. The van der Waals surface area contributed by atoms with Gasteiger partial charge in [0.1, 0.15) is 0 Å². The summed E-state index contributed by atoms with van der Waals surface area (Å²) in [4.78, 5) is 28.5. The van der Waals surface area contributed by atoms with Gasteiger partial charge in [0.15, 0.2) is 11.5 Å². The van der Waals surface area contributed by atoms with Crippen LogP contribution < -0.4 is 14.8 Å². The second-order valence-electron chi connectivity index (χ2n) is 7.93. The first-order valence-electron chi connectivity index (χ1n) is 10.8. The zero-order chi connectivity index (χ0) is 24.4. The van der Waals surface area contributed by atoms with Crippen molar-refractivity contribution in [3.05, 3.63) is 88.7 Å². The fourth-order valence-corrected chi connectivity index (χ4v) is 4.44. The number of carboxylic acids is 1. The van der Waals surface area contributed by atoms with Crippen LogP contribution in [0.3, 0.4) is 0 Å². The number of nitrogens with zero attached hydrogens (tertiary/aromatic N) is 2. The molecule has 0 bridgehead atoms. The number of rotatable bonds is 7. The summed E-state index contributed by atoms with van der Waals surface area (Å²) < 4.78 is 13.4. The molecule has 0 aliphatic carbocycles. The number of ether oxygens (including phenoxy) is 2. The van der Waals surface area contributed by atoms with E-state index in [1.54, 1.807) is 36.7 Å². The van der Waals surface area contributed by atoms with Crippen molar-refractivity contribution < 1.29 is 24.2 Å². The number of halogens is 1. The molecule has 1 aromatic heterocycles. The predicted octanol–water partition coefficient (Wildman–Crippen LogP) is 5.24. The minimum absolute atomic E-state index is 0.0752. The molecule has 1 amide bonds. The van der Waals surface area contributed by atoms with E-state index in [2.05, 4.69) is 26.2 Å². The standard InChI is InChI=1S/C26H20BrN3O5/c27-19-12-24-23(34-15-35-24)10-17(19)6-9-25(31)29-18-7-8-21-20(11-18)28-14-30(21)22(13-26(32)33)16-4-2-1-3-5-16/h1-12,14,22H,13,15H2,(H,29,31)(H,32,33)/b9-6+. The molecule has 0 saturated heterocycles. The highest BCUT2D eigenvalue weighted by Crippen LogP contribution is 2.37. The highest BCUT2D eigenvalue weighted by atomic mass is 79.9. The van der Waals surface area contributed by atoms with Crippen molar-refractivity contribution in [1.82, 2.24) is 9.55 Å². The van der Waals surface area contributed by atoms with Crippen molar-refractivity contribution in [2.75, 3.05) is 12.1 Å². The second kappa shape index (κ2) is 9.63. The average Bonchev–Trinajstić information content (AvgIpc) is 3.47. The summed E-state index contributed by atoms with van der Waals surface area (Å²) in [5.41, 5.74) is 3.67. The van der Waals surface area contributed by atoms with Crippen molar-refractivity contribution in [3.8, 4) is 11.5 Å². The van der Waals surface area contributed by atoms with Crippen molar-refractivity contribution >= 4 is 50.6 Å². The highest BCUT2D eigenvalue weighted by Gasteiger charge is 2.20. The molecule has 0 spiro atoms. The molecular formula is C26H20BrN3O5. The zero-order valence-electron chi connectivity index (χ0n) is 18.3. The number of imidazole rings is 1. The number of carboxylic acid groups (broad SMARTS) is 1. The number of nitrogens with one attached hydrogen (secondary N) is 1. The van der Waals surface area contributed by atoms with Crippen molar-refractivity contribution in [2.24, 2.45) is 0 Å². The SMILES string of the molecule is O=C(O)CC(c1ccccc1)n1cnc2cc(NC(=O)/C=C/c3cc4c(cc3Br)OCO4)ccc21. The van der Waals surface area contributed by atoms with Crippen LogP contribution in [0.1, 0.15) is 23.6 Å². The van der Waals surface area contributed by atoms with Gasteiger partial charge in [-0.15, -0.1) is 0 Å². The smallest absolute Gasteiger partial charge is 0.305 e. The van der Waals surface area contributed by atoms with Gasteiger partial charge in [0.05, 0.1) is 29.8 Å². The maximum Gasteiger partial charge on any atom is 0.305 e. The van der Waals surface area contributed by atoms with Crippen LogP contribution >= 0.6 is 15.9 Å². The minimum atomic E-state index is -0.898. The minimum Gasteiger partial charge on any atom is -0.481 e. The first-order chi connectivity index (χ1) is 17.0. The normalized spacial score (nSPS) is 13.3. The molecule has 4 aromatic rings. The van der Waals surface area contributed by atoms with E-state index < -0.39 is 12.0 Å². The van der Waals surface area contributed by atoms with Gasteiger partial charge in [-0.3, -0.25) is 9.59 Å². The Morgan fingerprint density at radius 3 is 2.66 bits per heavy atom. The quantitative estimate of drug-likeness (QED) is 0.315. The number of carbonyl (C=O) groups excluding carboxylic acids is 1. The molecule has 0 radical (unpaired) electrons. The lowest BCUT2D eigenvalue weighted by Crippen LogP contribution is -2.14. The number of aromatic nitrogens is 2. The fraction of sp³-hybridized carbons (Fsp3) is 0.115. The maximum atomic E-state index is 12.5. The summed E-state index contributed by atoms with van der Waals surface area (Å²) in [6.07, 6.45) is 4.68. The Bertz CT molecular complexity index is 1450. The number of hydrogen-bond acceptors (Lipinski definition) is 5. The van der Waals surface area contributed by atoms with Crippen LogP contribution in [0.25, 0.3) is 17.1 Å². The molecule has 0 saturated carbocycles. The van der Waals surface area contributed by atoms with Crippen LogP contribution in [0, 0.1) is 0 Å². The number of fused-ring (bicyclic) bond motifs is 2. The predicted molar refractivity (Wildman–Crippen MR) is 134 cm³/mol. The van der Waals surface area contributed by atoms with Gasteiger partial charge < -0.3 is 24.5 Å². The van der Waals surface area contributed by atoms with Crippen LogP contribution in [0.15, 0.2) is 77.5 Å². The summed E-state index contributed by atoms with van der Waals surface area (Å²) >= 11 is 3.47. The first kappa shape index (κ1) is 22.7. The molecule has 176 valence electrons. The Kier molecular flexibility index (Phi) is 6.24. The molecular weight excluding hydrogens is 514 g/mol. The van der Waals surface area contributed by atoms with Crippen molar-refractivity contribution in [3.63, 3.8) is 0 Å². The molecule has 35 heavy (non-hydrogen) atoms. The highest BCUT2D eigenvalue weighted by molar-refractivity contribution is 9.10. The lowest BCUT2D eigenvalue weighted by molar-refractivity contribution is -0.137. The Labute approximate surface area is 208 Å². The number of aliphatic carboxylic acids is 1. The summed E-state index contributed by atoms with van der Waals surface area (Å²) in [6, 6.07) is 18.0. The van der Waals surface area contributed by atoms with Crippen LogP contribution in [-0.4, -0.2) is 33.3 Å². The molecule has 5 rings (SSSR count). The van der Waals surface area contributed by atoms with Gasteiger partial charge in [-0.25, -0.2) is 4.98 Å². The van der Waals surface area contributed by atoms with E-state index in [4.69, 9.17) is 9.47 Å². The van der Waals surface area contributed by atoms with Crippen LogP contribution in [0.5, 0.6) is 11.5 Å². The third-order valence-electron chi connectivity index (χ3n) is 5.64. The van der Waals surface area contributed by atoms with Crippen LogP contribution in [0.4, 0.5) is 5.69 Å². The molecule has 1 aliphatic heterocycles. The van der Waals surface area contributed by atoms with E-state index in [-0.39, 0.29) is 19.1 Å². The van der Waals surface area contributed by atoms with E-state index >= 15 is 0 Å². The monoisotopic (exact) mass is 533 g/mol. The molecule has 8 nitrogen and oxygen atoms in total. The Balaban J connectivity index is 1.35. The Morgan fingerprint density at radius 2 is 1.89 bits per heavy atom. The van der Waals surface area contributed by atoms with Gasteiger partial charge in [-0.2, -0.15) is 0 Å². The molecule has 9 heteroatoms. The average molecular weight is 534 g/mol. The van der Waals surface area contributed by atoms with Crippen LogP contribution in [-0.2, 0) is 9.59 Å². The van der Waals surface area contributed by atoms with Crippen LogP contribution in [0.2, 0.25) is 0 Å². The zero-order valence-corrected chi connectivity index (χ0v) is 19.9. The number of benzene rings is 3. The lowest BCUT2D eigenvalue weighted by atomic mass is 10.0. The second-order valence-corrected chi connectivity index (χ2v) is 8.78. The molecule has 1 atom stereocenters. The largest absolute Gasteiger partial charge is 0.481 e. The topological polar surface area (TPSA) is 103 Å². The van der Waals surface area contributed by atoms with E-state index in [0.29, 0.717) is 22.7 Å². The third kappa shape index (κ3) is 4.90. The van der Waals surface area contributed by atoms with Crippen molar-refractivity contribution in [2.45, 2.75) is 12.5 Å². The van der Waals surface area contributed by atoms with Gasteiger partial charge in [0, 0.05) is 16.2 Å². The maximum absolute atomic E-state index is 12.5. The van der Waals surface area contributed by atoms with Gasteiger partial charge in [0.2, 0.25) is 12.7 Å². The molecule has 1 aliphatic rings. The number of carbonyl (C=O) groups is 2. The summed E-state index contributed by atoms with van der Waals surface area (Å²) in [6.45, 7) is 0.177. The van der Waals surface area contributed by atoms with E-state index in [9.17, 15) is 14.7 Å². The molecule has 2 heterocycles. The van der Waals surface area contributed by atoms with Gasteiger partial charge >= 0.3 is 5.97 Å². The summed E-state index contributed by atoms with van der Waals surface area (Å²) in [7, 11) is 0. The lowest BCUT2D eigenvalue weighted by Gasteiger charge is -2.18. The summed E-state index contributed by atoms with van der Waals surface area (Å²) in [5.74, 6) is 0.0851.